The van der Waals surface area contributed by atoms with Crippen LogP contribution in [0.25, 0.3) is 0 Å². The van der Waals surface area contributed by atoms with Gasteiger partial charge in [-0.2, -0.15) is 0 Å². The summed E-state index contributed by atoms with van der Waals surface area (Å²) in [4.78, 5) is 22.8. The average molecular weight is 302 g/mol. The van der Waals surface area contributed by atoms with E-state index < -0.39 is 37.0 Å². The van der Waals surface area contributed by atoms with E-state index in [4.69, 9.17) is 25.2 Å². The predicted molar refractivity (Wildman–Crippen MR) is 74.5 cm³/mol. The standard InChI is InChI=1S/C14H22O7/c1-9(13(19)11(17)7-15)3-5-21-6-4-10(2)14(20)12(18)8-16/h3-4,11-12,15-18H,5-8H2,1-2H3. The molecule has 0 aromatic heterocycles. The van der Waals surface area contributed by atoms with Crippen molar-refractivity contribution in [1.82, 2.24) is 0 Å². The van der Waals surface area contributed by atoms with E-state index in [1.165, 1.54) is 26.0 Å². The molecule has 21 heavy (non-hydrogen) atoms. The Morgan fingerprint density at radius 3 is 1.52 bits per heavy atom. The van der Waals surface area contributed by atoms with Gasteiger partial charge in [0.25, 0.3) is 0 Å². The summed E-state index contributed by atoms with van der Waals surface area (Å²) in [5.41, 5.74) is 0.535. The van der Waals surface area contributed by atoms with Gasteiger partial charge < -0.3 is 25.2 Å². The summed E-state index contributed by atoms with van der Waals surface area (Å²) in [6.45, 7) is 1.90. The Morgan fingerprint density at radius 1 is 0.905 bits per heavy atom. The van der Waals surface area contributed by atoms with Gasteiger partial charge in [0, 0.05) is 0 Å². The molecule has 0 heterocycles. The molecule has 0 aromatic carbocycles. The molecule has 0 aliphatic heterocycles. The maximum Gasteiger partial charge on any atom is 0.189 e. The first-order chi connectivity index (χ1) is 9.84. The molecule has 120 valence electrons. The first-order valence-electron chi connectivity index (χ1n) is 6.42. The van der Waals surface area contributed by atoms with Gasteiger partial charge in [0.15, 0.2) is 11.6 Å². The van der Waals surface area contributed by atoms with E-state index in [9.17, 15) is 9.59 Å². The minimum atomic E-state index is -1.43. The zero-order valence-electron chi connectivity index (χ0n) is 12.2. The van der Waals surface area contributed by atoms with E-state index in [1.807, 2.05) is 0 Å². The molecule has 0 fully saturated rings. The van der Waals surface area contributed by atoms with Crippen LogP contribution in [0.5, 0.6) is 0 Å². The van der Waals surface area contributed by atoms with Crippen LogP contribution in [0.2, 0.25) is 0 Å². The largest absolute Gasteiger partial charge is 0.393 e. The number of ether oxygens (including phenoxy) is 1. The summed E-state index contributed by atoms with van der Waals surface area (Å²) in [5, 5.41) is 35.5. The van der Waals surface area contributed by atoms with Crippen molar-refractivity contribution in [2.75, 3.05) is 26.4 Å². The summed E-state index contributed by atoms with van der Waals surface area (Å²) in [6.07, 6.45) is 0.0470. The molecule has 7 nitrogen and oxygen atoms in total. The number of carbonyl (C=O) groups is 2. The monoisotopic (exact) mass is 302 g/mol. The third-order valence-electron chi connectivity index (χ3n) is 2.74. The SMILES string of the molecule is CC(=CCOCC=C(C)C(=O)C(O)CO)C(=O)C(O)CO. The quantitative estimate of drug-likeness (QED) is 0.293. The number of rotatable bonds is 10. The normalized spacial score (nSPS) is 15.7. The summed E-state index contributed by atoms with van der Waals surface area (Å²) < 4.78 is 5.16. The second kappa shape index (κ2) is 10.4. The van der Waals surface area contributed by atoms with Gasteiger partial charge in [-0.3, -0.25) is 9.59 Å². The molecule has 2 atom stereocenters. The van der Waals surface area contributed by atoms with Crippen molar-refractivity contribution in [1.29, 1.82) is 0 Å². The van der Waals surface area contributed by atoms with Crippen LogP contribution in [0.3, 0.4) is 0 Å². The molecule has 0 amide bonds. The smallest absolute Gasteiger partial charge is 0.189 e. The lowest BCUT2D eigenvalue weighted by Gasteiger charge is -2.07. The molecular weight excluding hydrogens is 280 g/mol. The molecular formula is C14H22O7. The minimum absolute atomic E-state index is 0.0935. The van der Waals surface area contributed by atoms with Crippen molar-refractivity contribution in [2.24, 2.45) is 0 Å². The molecule has 2 unspecified atom stereocenters. The molecule has 0 spiro atoms. The number of hydrogen-bond donors (Lipinski definition) is 4. The molecule has 0 saturated heterocycles. The van der Waals surface area contributed by atoms with Crippen LogP contribution in [-0.2, 0) is 14.3 Å². The lowest BCUT2D eigenvalue weighted by molar-refractivity contribution is -0.125. The highest BCUT2D eigenvalue weighted by Crippen LogP contribution is 2.01. The Morgan fingerprint density at radius 2 is 1.24 bits per heavy atom. The summed E-state index contributed by atoms with van der Waals surface area (Å²) in [6, 6.07) is 0. The first-order valence-corrected chi connectivity index (χ1v) is 6.42. The van der Waals surface area contributed by atoms with Crippen molar-refractivity contribution in [3.8, 4) is 0 Å². The predicted octanol–water partition coefficient (Wildman–Crippen LogP) is -1.26. The van der Waals surface area contributed by atoms with Gasteiger partial charge in [-0.25, -0.2) is 0 Å². The van der Waals surface area contributed by atoms with E-state index in [-0.39, 0.29) is 24.4 Å². The molecule has 0 saturated carbocycles. The Labute approximate surface area is 123 Å². The molecule has 4 N–H and O–H groups in total. The van der Waals surface area contributed by atoms with Gasteiger partial charge in [-0.15, -0.1) is 0 Å². The van der Waals surface area contributed by atoms with Gasteiger partial charge in [-0.05, 0) is 25.0 Å². The fourth-order valence-corrected chi connectivity index (χ4v) is 1.33. The highest BCUT2D eigenvalue weighted by molar-refractivity contribution is 5.98. The zero-order chi connectivity index (χ0) is 16.4. The van der Waals surface area contributed by atoms with E-state index in [0.29, 0.717) is 0 Å². The fourth-order valence-electron chi connectivity index (χ4n) is 1.33. The second-order valence-electron chi connectivity index (χ2n) is 4.44. The van der Waals surface area contributed by atoms with Crippen LogP contribution in [0.4, 0.5) is 0 Å². The fraction of sp³-hybridized carbons (Fsp3) is 0.571. The highest BCUT2D eigenvalue weighted by atomic mass is 16.5. The van der Waals surface area contributed by atoms with E-state index >= 15 is 0 Å². The second-order valence-corrected chi connectivity index (χ2v) is 4.44. The Hall–Kier alpha value is -1.38. The van der Waals surface area contributed by atoms with E-state index in [2.05, 4.69) is 0 Å². The maximum atomic E-state index is 11.4. The summed E-state index contributed by atoms with van der Waals surface area (Å²) in [7, 11) is 0. The Bertz CT molecular complexity index is 374. The molecule has 0 aromatic rings. The molecule has 0 rings (SSSR count). The van der Waals surface area contributed by atoms with Gasteiger partial charge in [0.1, 0.15) is 12.2 Å². The molecule has 0 bridgehead atoms. The molecule has 0 radical (unpaired) electrons. The van der Waals surface area contributed by atoms with Crippen LogP contribution < -0.4 is 0 Å². The van der Waals surface area contributed by atoms with Crippen LogP contribution in [0, 0.1) is 0 Å². The van der Waals surface area contributed by atoms with E-state index in [1.54, 1.807) is 0 Å². The third-order valence-corrected chi connectivity index (χ3v) is 2.74. The topological polar surface area (TPSA) is 124 Å². The number of carbonyl (C=O) groups excluding carboxylic acids is 2. The van der Waals surface area contributed by atoms with Crippen LogP contribution >= 0.6 is 0 Å². The van der Waals surface area contributed by atoms with Gasteiger partial charge in [0.05, 0.1) is 26.4 Å². The first kappa shape index (κ1) is 19.6. The summed E-state index contributed by atoms with van der Waals surface area (Å²) in [5.74, 6) is -1.15. The number of Topliss-reactive ketones (excluding diaryl/α,β-unsaturated/α-hetero) is 2. The molecule has 7 heteroatoms. The molecule has 0 aliphatic rings. The van der Waals surface area contributed by atoms with Crippen molar-refractivity contribution >= 4 is 11.6 Å². The Kier molecular flexibility index (Phi) is 9.68. The number of ketones is 2. The molecule has 0 aliphatic carbocycles. The average Bonchev–Trinajstić information content (AvgIpc) is 2.50. The maximum absolute atomic E-state index is 11.4. The van der Waals surface area contributed by atoms with Crippen molar-refractivity contribution in [2.45, 2.75) is 26.1 Å². The van der Waals surface area contributed by atoms with Crippen molar-refractivity contribution < 1.29 is 34.8 Å². The van der Waals surface area contributed by atoms with Crippen LogP contribution in [-0.4, -0.2) is 70.6 Å². The van der Waals surface area contributed by atoms with Gasteiger partial charge >= 0.3 is 0 Å². The number of hydrogen-bond acceptors (Lipinski definition) is 7. The van der Waals surface area contributed by atoms with Crippen LogP contribution in [0.1, 0.15) is 13.8 Å². The van der Waals surface area contributed by atoms with Gasteiger partial charge in [0.2, 0.25) is 0 Å². The Balaban J connectivity index is 4.21. The van der Waals surface area contributed by atoms with Crippen molar-refractivity contribution in [3.63, 3.8) is 0 Å². The number of aliphatic hydroxyl groups excluding tert-OH is 4. The van der Waals surface area contributed by atoms with E-state index in [0.717, 1.165) is 0 Å². The van der Waals surface area contributed by atoms with Crippen LogP contribution in [0.15, 0.2) is 23.3 Å². The minimum Gasteiger partial charge on any atom is -0.393 e. The summed E-state index contributed by atoms with van der Waals surface area (Å²) >= 11 is 0. The lowest BCUT2D eigenvalue weighted by atomic mass is 10.1. The third kappa shape index (κ3) is 7.26. The highest BCUT2D eigenvalue weighted by Gasteiger charge is 2.15. The van der Waals surface area contributed by atoms with Crippen molar-refractivity contribution in [3.05, 3.63) is 23.3 Å². The number of aliphatic hydroxyl groups is 4. The lowest BCUT2D eigenvalue weighted by Crippen LogP contribution is -2.25. The zero-order valence-corrected chi connectivity index (χ0v) is 12.2. The van der Waals surface area contributed by atoms with Gasteiger partial charge in [-0.1, -0.05) is 12.2 Å².